The van der Waals surface area contributed by atoms with Gasteiger partial charge in [-0.25, -0.2) is 10.9 Å². The number of amides is 2. The Hall–Kier alpha value is -4.86. The van der Waals surface area contributed by atoms with Crippen molar-refractivity contribution in [3.63, 3.8) is 0 Å². The maximum Gasteiger partial charge on any atom is 0.271 e. The molecule has 0 aliphatic heterocycles. The van der Waals surface area contributed by atoms with E-state index in [1.165, 1.54) is 50.6 Å². The number of benzene rings is 3. The van der Waals surface area contributed by atoms with Gasteiger partial charge in [-0.15, -0.1) is 0 Å². The van der Waals surface area contributed by atoms with E-state index in [-0.39, 0.29) is 11.5 Å². The van der Waals surface area contributed by atoms with Gasteiger partial charge in [0.25, 0.3) is 11.8 Å². The van der Waals surface area contributed by atoms with E-state index in [1.54, 1.807) is 38.1 Å². The van der Waals surface area contributed by atoms with Crippen molar-refractivity contribution in [2.24, 2.45) is 10.2 Å². The van der Waals surface area contributed by atoms with Gasteiger partial charge < -0.3 is 19.7 Å². The molecule has 0 aliphatic rings. The summed E-state index contributed by atoms with van der Waals surface area (Å²) < 4.78 is 10.2. The first kappa shape index (κ1) is 25.8. The average Bonchev–Trinajstić information content (AvgIpc) is 2.90. The van der Waals surface area contributed by atoms with Crippen LogP contribution in [-0.4, -0.2) is 47.7 Å². The number of rotatable bonds is 8. The fourth-order valence-corrected chi connectivity index (χ4v) is 3.11. The molecule has 0 atom stereocenters. The fourth-order valence-electron chi connectivity index (χ4n) is 3.11. The molecular weight excluding hydrogens is 464 g/mol. The number of phenolic OH excluding ortho intramolecular Hbond substituents is 2. The minimum Gasteiger partial charge on any atom is -0.504 e. The maximum atomic E-state index is 12.5. The lowest BCUT2D eigenvalue weighted by atomic mass is 10.1. The zero-order valence-corrected chi connectivity index (χ0v) is 20.2. The van der Waals surface area contributed by atoms with E-state index in [9.17, 15) is 19.8 Å². The molecule has 0 bridgehead atoms. The van der Waals surface area contributed by atoms with Gasteiger partial charge in [-0.2, -0.15) is 10.2 Å². The van der Waals surface area contributed by atoms with E-state index < -0.39 is 11.8 Å². The van der Waals surface area contributed by atoms with Crippen LogP contribution < -0.4 is 20.3 Å². The molecule has 3 aromatic carbocycles. The topological polar surface area (TPSA) is 142 Å². The maximum absolute atomic E-state index is 12.5. The van der Waals surface area contributed by atoms with Gasteiger partial charge in [0.1, 0.15) is 0 Å². The van der Waals surface area contributed by atoms with Gasteiger partial charge in [0.15, 0.2) is 23.0 Å². The average molecular weight is 491 g/mol. The molecule has 0 fully saturated rings. The number of carbonyl (C=O) groups excluding carboxylic acids is 2. The van der Waals surface area contributed by atoms with Gasteiger partial charge in [-0.1, -0.05) is 0 Å². The van der Waals surface area contributed by atoms with Gasteiger partial charge in [-0.3, -0.25) is 9.59 Å². The Bertz CT molecular complexity index is 1230. The molecule has 4 N–H and O–H groups in total. The first-order chi connectivity index (χ1) is 17.2. The fraction of sp³-hybridized carbons (Fsp3) is 0.154. The van der Waals surface area contributed by atoms with Gasteiger partial charge in [0.05, 0.1) is 25.6 Å². The highest BCUT2D eigenvalue weighted by atomic mass is 16.5. The highest BCUT2D eigenvalue weighted by Gasteiger charge is 2.11. The Balaban J connectivity index is 1.62. The third-order valence-corrected chi connectivity index (χ3v) is 5.25. The van der Waals surface area contributed by atoms with Gasteiger partial charge in [-0.05, 0) is 74.5 Å². The molecule has 0 heterocycles. The van der Waals surface area contributed by atoms with E-state index in [0.717, 1.165) is 0 Å². The summed E-state index contributed by atoms with van der Waals surface area (Å²) in [5.74, 6) is -0.314. The highest BCUT2D eigenvalue weighted by Crippen LogP contribution is 2.27. The van der Waals surface area contributed by atoms with Crippen molar-refractivity contribution in [2.75, 3.05) is 14.2 Å². The molecule has 0 saturated heterocycles. The summed E-state index contributed by atoms with van der Waals surface area (Å²) in [6.45, 7) is 3.41. The second-order valence-corrected chi connectivity index (χ2v) is 7.63. The van der Waals surface area contributed by atoms with Crippen LogP contribution in [0.25, 0.3) is 0 Å². The summed E-state index contributed by atoms with van der Waals surface area (Å²) in [6.07, 6.45) is 0. The zero-order chi connectivity index (χ0) is 26.2. The van der Waals surface area contributed by atoms with Crippen LogP contribution in [0.1, 0.15) is 45.7 Å². The van der Waals surface area contributed by atoms with Crippen molar-refractivity contribution in [3.8, 4) is 23.0 Å². The predicted molar refractivity (Wildman–Crippen MR) is 135 cm³/mol. The molecule has 3 rings (SSSR count). The molecule has 186 valence electrons. The molecule has 2 amide bonds. The van der Waals surface area contributed by atoms with E-state index in [0.29, 0.717) is 45.2 Å². The van der Waals surface area contributed by atoms with Crippen molar-refractivity contribution in [3.05, 3.63) is 82.9 Å². The highest BCUT2D eigenvalue weighted by molar-refractivity contribution is 6.03. The normalized spacial score (nSPS) is 11.6. The SMILES string of the molecule is COc1cc(/C(C)=N/NC(=O)c2ccc(C(=O)N/N=C(\C)c3ccc(O)c(OC)c3)cc2)ccc1O. The predicted octanol–water partition coefficient (Wildman–Crippen LogP) is 3.42. The lowest BCUT2D eigenvalue weighted by molar-refractivity contribution is 0.0943. The largest absolute Gasteiger partial charge is 0.504 e. The van der Waals surface area contributed by atoms with Crippen LogP contribution in [0.4, 0.5) is 0 Å². The molecule has 3 aromatic rings. The molecule has 0 aliphatic carbocycles. The third-order valence-electron chi connectivity index (χ3n) is 5.25. The Morgan fingerprint density at radius 3 is 1.31 bits per heavy atom. The number of phenols is 2. The minimum absolute atomic E-state index is 0.00338. The minimum atomic E-state index is -0.456. The molecule has 0 saturated carbocycles. The first-order valence-electron chi connectivity index (χ1n) is 10.8. The Labute approximate surface area is 207 Å². The molecule has 0 spiro atoms. The summed E-state index contributed by atoms with van der Waals surface area (Å²) in [5, 5.41) is 27.6. The van der Waals surface area contributed by atoms with Crippen molar-refractivity contribution < 1.29 is 29.3 Å². The molecular formula is C26H26N4O6. The Kier molecular flexibility index (Phi) is 8.24. The van der Waals surface area contributed by atoms with Crippen LogP contribution in [0.3, 0.4) is 0 Å². The van der Waals surface area contributed by atoms with Crippen molar-refractivity contribution in [2.45, 2.75) is 13.8 Å². The Morgan fingerprint density at radius 1 is 0.639 bits per heavy atom. The van der Waals surface area contributed by atoms with E-state index in [2.05, 4.69) is 21.1 Å². The summed E-state index contributed by atoms with van der Waals surface area (Å²) in [4.78, 5) is 24.9. The van der Waals surface area contributed by atoms with Crippen molar-refractivity contribution in [1.29, 1.82) is 0 Å². The number of aromatic hydroxyl groups is 2. The van der Waals surface area contributed by atoms with Crippen LogP contribution in [0, 0.1) is 0 Å². The lowest BCUT2D eigenvalue weighted by Gasteiger charge is -2.08. The van der Waals surface area contributed by atoms with Crippen LogP contribution in [-0.2, 0) is 0 Å². The third kappa shape index (κ3) is 6.17. The van der Waals surface area contributed by atoms with Gasteiger partial charge in [0, 0.05) is 22.3 Å². The summed E-state index contributed by atoms with van der Waals surface area (Å²) in [5.41, 5.74) is 7.90. The van der Waals surface area contributed by atoms with E-state index in [4.69, 9.17) is 9.47 Å². The van der Waals surface area contributed by atoms with Crippen molar-refractivity contribution >= 4 is 23.2 Å². The number of nitrogens with one attached hydrogen (secondary N) is 2. The monoisotopic (exact) mass is 490 g/mol. The van der Waals surface area contributed by atoms with Crippen LogP contribution >= 0.6 is 0 Å². The van der Waals surface area contributed by atoms with E-state index in [1.807, 2.05) is 0 Å². The Morgan fingerprint density at radius 2 is 0.972 bits per heavy atom. The first-order valence-corrected chi connectivity index (χ1v) is 10.8. The van der Waals surface area contributed by atoms with Crippen LogP contribution in [0.5, 0.6) is 23.0 Å². The lowest BCUT2D eigenvalue weighted by Crippen LogP contribution is -2.21. The zero-order valence-electron chi connectivity index (χ0n) is 20.2. The smallest absolute Gasteiger partial charge is 0.271 e. The number of hydrazone groups is 2. The second kappa shape index (κ2) is 11.5. The van der Waals surface area contributed by atoms with Crippen LogP contribution in [0.15, 0.2) is 70.9 Å². The number of carbonyl (C=O) groups is 2. The number of nitrogens with zero attached hydrogens (tertiary/aromatic N) is 2. The summed E-state index contributed by atoms with van der Waals surface area (Å²) in [7, 11) is 2.88. The van der Waals surface area contributed by atoms with E-state index >= 15 is 0 Å². The van der Waals surface area contributed by atoms with Gasteiger partial charge >= 0.3 is 0 Å². The van der Waals surface area contributed by atoms with Crippen molar-refractivity contribution in [1.82, 2.24) is 10.9 Å². The van der Waals surface area contributed by atoms with Crippen LogP contribution in [0.2, 0.25) is 0 Å². The molecule has 36 heavy (non-hydrogen) atoms. The number of ether oxygens (including phenoxy) is 2. The number of hydrogen-bond acceptors (Lipinski definition) is 8. The number of methoxy groups -OCH3 is 2. The molecule has 10 heteroatoms. The molecule has 0 aromatic heterocycles. The van der Waals surface area contributed by atoms with Gasteiger partial charge in [0.2, 0.25) is 0 Å². The standard InChI is InChI=1S/C26H26N4O6/c1-15(19-9-11-21(31)23(13-19)35-3)27-29-25(33)17-5-7-18(8-6-17)26(34)30-28-16(2)20-10-12-22(32)24(14-20)36-4/h5-14,31-32H,1-4H3,(H,29,33)(H,30,34)/b27-15+,28-16+. The molecule has 0 unspecified atom stereocenters. The summed E-state index contributed by atoms with van der Waals surface area (Å²) >= 11 is 0. The quantitative estimate of drug-likeness (QED) is 0.282. The number of hydrogen-bond donors (Lipinski definition) is 4. The second-order valence-electron chi connectivity index (χ2n) is 7.63. The molecule has 0 radical (unpaired) electrons. The summed E-state index contributed by atoms with van der Waals surface area (Å²) in [6, 6.07) is 15.5. The molecule has 10 nitrogen and oxygen atoms in total.